The number of aromatic amines is 1. The normalized spacial score (nSPS) is 14.6. The van der Waals surface area contributed by atoms with Crippen molar-refractivity contribution < 1.29 is 0 Å². The van der Waals surface area contributed by atoms with Crippen molar-refractivity contribution in [3.8, 4) is 0 Å². The lowest BCUT2D eigenvalue weighted by atomic mass is 10.1. The van der Waals surface area contributed by atoms with Crippen LogP contribution in [0.15, 0.2) is 29.4 Å². The second kappa shape index (κ2) is 9.11. The molecule has 0 radical (unpaired) electrons. The summed E-state index contributed by atoms with van der Waals surface area (Å²) >= 11 is 0. The Labute approximate surface area is 172 Å². The maximum absolute atomic E-state index is 4.40. The van der Waals surface area contributed by atoms with Gasteiger partial charge in [0, 0.05) is 56.6 Å². The summed E-state index contributed by atoms with van der Waals surface area (Å²) in [4.78, 5) is 7.72. The summed E-state index contributed by atoms with van der Waals surface area (Å²) in [6.45, 7) is 4.80. The second-order valence-corrected chi connectivity index (χ2v) is 7.78. The van der Waals surface area contributed by atoms with Crippen molar-refractivity contribution in [1.82, 2.24) is 30.4 Å². The van der Waals surface area contributed by atoms with E-state index >= 15 is 0 Å². The van der Waals surface area contributed by atoms with Crippen LogP contribution in [-0.2, 0) is 25.8 Å². The molecule has 0 spiro atoms. The third-order valence-electron chi connectivity index (χ3n) is 5.66. The topological polar surface area (TPSA) is 82.9 Å². The molecule has 0 amide bonds. The van der Waals surface area contributed by atoms with Gasteiger partial charge in [0.05, 0.1) is 0 Å². The predicted molar refractivity (Wildman–Crippen MR) is 117 cm³/mol. The summed E-state index contributed by atoms with van der Waals surface area (Å²) < 4.78 is 2.31. The van der Waals surface area contributed by atoms with Crippen LogP contribution < -0.4 is 10.6 Å². The Kier molecular flexibility index (Phi) is 6.12. The van der Waals surface area contributed by atoms with Crippen molar-refractivity contribution in [3.05, 3.63) is 47.2 Å². The van der Waals surface area contributed by atoms with Crippen LogP contribution in [0.4, 0.5) is 0 Å². The van der Waals surface area contributed by atoms with Crippen molar-refractivity contribution in [3.63, 3.8) is 0 Å². The van der Waals surface area contributed by atoms with E-state index in [4.69, 9.17) is 0 Å². The van der Waals surface area contributed by atoms with E-state index in [1.54, 1.807) is 0 Å². The third kappa shape index (κ3) is 4.60. The first-order valence-electron chi connectivity index (χ1n) is 10.7. The lowest BCUT2D eigenvalue weighted by Gasteiger charge is -2.12. The number of aliphatic imine (C=N–C) groups is 1. The van der Waals surface area contributed by atoms with Gasteiger partial charge < -0.3 is 20.2 Å². The average molecular weight is 394 g/mol. The summed E-state index contributed by atoms with van der Waals surface area (Å²) in [7, 11) is 1.81. The summed E-state index contributed by atoms with van der Waals surface area (Å²) in [5.74, 6) is 3.06. The smallest absolute Gasteiger partial charge is 0.191 e. The van der Waals surface area contributed by atoms with Gasteiger partial charge in [0.15, 0.2) is 5.96 Å². The number of hydrogen-bond donors (Lipinski definition) is 3. The van der Waals surface area contributed by atoms with E-state index in [9.17, 15) is 0 Å². The SMILES string of the molecule is CN=C(NCCc1c[nH]c2cc(C)ccc12)NCCc1nnc2n1CCCCC2. The average Bonchev–Trinajstić information content (AvgIpc) is 3.21. The number of fused-ring (bicyclic) bond motifs is 2. The molecule has 2 aromatic heterocycles. The Balaban J connectivity index is 1.25. The van der Waals surface area contributed by atoms with Crippen molar-refractivity contribution in [2.24, 2.45) is 4.99 Å². The molecule has 0 atom stereocenters. The molecule has 0 unspecified atom stereocenters. The van der Waals surface area contributed by atoms with Crippen LogP contribution >= 0.6 is 0 Å². The number of nitrogens with zero attached hydrogens (tertiary/aromatic N) is 4. The minimum atomic E-state index is 0.796. The molecule has 0 aliphatic carbocycles. The summed E-state index contributed by atoms with van der Waals surface area (Å²) in [5.41, 5.74) is 3.81. The van der Waals surface area contributed by atoms with Gasteiger partial charge >= 0.3 is 0 Å². The standard InChI is InChI=1S/C22H31N7/c1-16-7-8-18-17(15-26-19(18)14-16)9-11-24-22(23-2)25-12-10-21-28-27-20-6-4-3-5-13-29(20)21/h7-8,14-15,26H,3-6,9-13H2,1-2H3,(H2,23,24,25). The van der Waals surface area contributed by atoms with Crippen LogP contribution in [0.1, 0.15) is 42.0 Å². The maximum atomic E-state index is 4.40. The van der Waals surface area contributed by atoms with E-state index < -0.39 is 0 Å². The second-order valence-electron chi connectivity index (χ2n) is 7.78. The number of guanidine groups is 1. The Hall–Kier alpha value is -2.83. The molecule has 0 saturated heterocycles. The molecule has 3 N–H and O–H groups in total. The zero-order chi connectivity index (χ0) is 20.1. The fourth-order valence-electron chi connectivity index (χ4n) is 4.07. The number of benzene rings is 1. The molecular weight excluding hydrogens is 362 g/mol. The summed E-state index contributed by atoms with van der Waals surface area (Å²) in [5, 5.41) is 16.9. The molecule has 3 heterocycles. The molecule has 0 saturated carbocycles. The first kappa shape index (κ1) is 19.5. The van der Waals surface area contributed by atoms with Gasteiger partial charge in [0.25, 0.3) is 0 Å². The van der Waals surface area contributed by atoms with Crippen molar-refractivity contribution >= 4 is 16.9 Å². The van der Waals surface area contributed by atoms with Crippen LogP contribution in [-0.4, -0.2) is 45.8 Å². The monoisotopic (exact) mass is 393 g/mol. The fraction of sp³-hybridized carbons (Fsp3) is 0.500. The molecule has 7 nitrogen and oxygen atoms in total. The van der Waals surface area contributed by atoms with Crippen LogP contribution in [0, 0.1) is 6.92 Å². The van der Waals surface area contributed by atoms with Crippen LogP contribution in [0.2, 0.25) is 0 Å². The van der Waals surface area contributed by atoms with E-state index in [1.807, 2.05) is 7.05 Å². The first-order valence-corrected chi connectivity index (χ1v) is 10.7. The maximum Gasteiger partial charge on any atom is 0.191 e. The van der Waals surface area contributed by atoms with Gasteiger partial charge in [-0.2, -0.15) is 0 Å². The van der Waals surface area contributed by atoms with E-state index in [2.05, 4.69) is 66.7 Å². The lowest BCUT2D eigenvalue weighted by molar-refractivity contribution is 0.600. The number of rotatable bonds is 6. The number of aromatic nitrogens is 4. The highest BCUT2D eigenvalue weighted by atomic mass is 15.3. The van der Waals surface area contributed by atoms with Gasteiger partial charge in [-0.05, 0) is 43.4 Å². The molecule has 154 valence electrons. The van der Waals surface area contributed by atoms with E-state index in [0.29, 0.717) is 0 Å². The van der Waals surface area contributed by atoms with Crippen LogP contribution in [0.5, 0.6) is 0 Å². The van der Waals surface area contributed by atoms with E-state index in [0.717, 1.165) is 56.5 Å². The van der Waals surface area contributed by atoms with Crippen molar-refractivity contribution in [2.45, 2.75) is 52.0 Å². The molecule has 1 aliphatic rings. The van der Waals surface area contributed by atoms with Gasteiger partial charge in [-0.15, -0.1) is 10.2 Å². The van der Waals surface area contributed by atoms with Crippen molar-refractivity contribution in [1.29, 1.82) is 0 Å². The minimum Gasteiger partial charge on any atom is -0.361 e. The van der Waals surface area contributed by atoms with Gasteiger partial charge in [-0.3, -0.25) is 4.99 Å². The fourth-order valence-corrected chi connectivity index (χ4v) is 4.07. The molecular formula is C22H31N7. The van der Waals surface area contributed by atoms with Gasteiger partial charge in [0.2, 0.25) is 0 Å². The largest absolute Gasteiger partial charge is 0.361 e. The molecule has 0 fully saturated rings. The molecule has 0 bridgehead atoms. The number of aryl methyl sites for hydroxylation is 2. The Bertz CT molecular complexity index is 982. The Morgan fingerprint density at radius 1 is 1.14 bits per heavy atom. The highest BCUT2D eigenvalue weighted by molar-refractivity contribution is 5.84. The summed E-state index contributed by atoms with van der Waals surface area (Å²) in [6.07, 6.45) is 8.70. The Morgan fingerprint density at radius 2 is 2.00 bits per heavy atom. The molecule has 1 aliphatic heterocycles. The van der Waals surface area contributed by atoms with Gasteiger partial charge in [-0.25, -0.2) is 0 Å². The minimum absolute atomic E-state index is 0.796. The third-order valence-corrected chi connectivity index (χ3v) is 5.66. The predicted octanol–water partition coefficient (Wildman–Crippen LogP) is 2.74. The number of H-pyrrole nitrogens is 1. The molecule has 4 rings (SSSR count). The highest BCUT2D eigenvalue weighted by Gasteiger charge is 2.14. The number of nitrogens with one attached hydrogen (secondary N) is 3. The molecule has 29 heavy (non-hydrogen) atoms. The van der Waals surface area contributed by atoms with Crippen molar-refractivity contribution in [2.75, 3.05) is 20.1 Å². The van der Waals surface area contributed by atoms with Crippen LogP contribution in [0.3, 0.4) is 0 Å². The van der Waals surface area contributed by atoms with E-state index in [-0.39, 0.29) is 0 Å². The molecule has 1 aromatic carbocycles. The van der Waals surface area contributed by atoms with Crippen LogP contribution in [0.25, 0.3) is 10.9 Å². The van der Waals surface area contributed by atoms with E-state index in [1.165, 1.54) is 41.3 Å². The highest BCUT2D eigenvalue weighted by Crippen LogP contribution is 2.19. The molecule has 7 heteroatoms. The zero-order valence-corrected chi connectivity index (χ0v) is 17.5. The first-order chi connectivity index (χ1) is 14.2. The quantitative estimate of drug-likeness (QED) is 0.444. The lowest BCUT2D eigenvalue weighted by Crippen LogP contribution is -2.39. The Morgan fingerprint density at radius 3 is 2.86 bits per heavy atom. The van der Waals surface area contributed by atoms with Gasteiger partial charge in [-0.1, -0.05) is 18.6 Å². The zero-order valence-electron chi connectivity index (χ0n) is 17.5. The van der Waals surface area contributed by atoms with Gasteiger partial charge in [0.1, 0.15) is 11.6 Å². The molecule has 3 aromatic rings. The summed E-state index contributed by atoms with van der Waals surface area (Å²) in [6, 6.07) is 6.56. The number of hydrogen-bond acceptors (Lipinski definition) is 3.